The van der Waals surface area contributed by atoms with Gasteiger partial charge in [0.25, 0.3) is 0 Å². The van der Waals surface area contributed by atoms with Crippen LogP contribution in [0, 0.1) is 0 Å². The molecule has 4 N–H and O–H groups in total. The second-order valence-corrected chi connectivity index (χ2v) is 6.53. The summed E-state index contributed by atoms with van der Waals surface area (Å²) in [6, 6.07) is 0.474. The molecule has 1 fully saturated rings. The van der Waals surface area contributed by atoms with E-state index in [2.05, 4.69) is 15.6 Å². The first kappa shape index (κ1) is 17.6. The number of ether oxygens (including phenoxy) is 1. The highest BCUT2D eigenvalue weighted by molar-refractivity contribution is 5.78. The molecule has 6 nitrogen and oxygen atoms in total. The predicted octanol–water partition coefficient (Wildman–Crippen LogP) is 2.14. The van der Waals surface area contributed by atoms with Crippen molar-refractivity contribution in [2.75, 3.05) is 13.1 Å². The summed E-state index contributed by atoms with van der Waals surface area (Å²) in [5, 5.41) is 5.97. The van der Waals surface area contributed by atoms with Crippen LogP contribution in [0.25, 0.3) is 0 Å². The van der Waals surface area contributed by atoms with Crippen molar-refractivity contribution in [3.8, 4) is 0 Å². The maximum absolute atomic E-state index is 11.4. The van der Waals surface area contributed by atoms with Crippen molar-refractivity contribution in [1.82, 2.24) is 10.6 Å². The van der Waals surface area contributed by atoms with Crippen LogP contribution in [0.3, 0.4) is 0 Å². The molecule has 0 aromatic carbocycles. The molecule has 0 radical (unpaired) electrons. The van der Waals surface area contributed by atoms with Gasteiger partial charge in [0.2, 0.25) is 0 Å². The van der Waals surface area contributed by atoms with Gasteiger partial charge in [-0.2, -0.15) is 0 Å². The second kappa shape index (κ2) is 8.74. The minimum Gasteiger partial charge on any atom is -0.444 e. The van der Waals surface area contributed by atoms with Crippen LogP contribution in [0.2, 0.25) is 0 Å². The molecule has 1 amide bonds. The number of aliphatic imine (C=N–C) groups is 1. The smallest absolute Gasteiger partial charge is 0.407 e. The lowest BCUT2D eigenvalue weighted by atomic mass is 9.96. The molecule has 0 spiro atoms. The van der Waals surface area contributed by atoms with Gasteiger partial charge in [-0.1, -0.05) is 19.3 Å². The molecular formula is C15H30N4O2. The topological polar surface area (TPSA) is 88.7 Å². The molecule has 1 saturated carbocycles. The molecule has 0 aromatic heterocycles. The van der Waals surface area contributed by atoms with Crippen molar-refractivity contribution in [3.05, 3.63) is 0 Å². The van der Waals surface area contributed by atoms with Crippen LogP contribution in [0.15, 0.2) is 4.99 Å². The number of hydrogen-bond donors (Lipinski definition) is 3. The monoisotopic (exact) mass is 298 g/mol. The Morgan fingerprint density at radius 3 is 2.57 bits per heavy atom. The Balaban J connectivity index is 2.09. The van der Waals surface area contributed by atoms with E-state index >= 15 is 0 Å². The minimum atomic E-state index is -0.462. The van der Waals surface area contributed by atoms with Gasteiger partial charge in [-0.3, -0.25) is 4.99 Å². The van der Waals surface area contributed by atoms with Crippen LogP contribution in [0.1, 0.15) is 59.3 Å². The predicted molar refractivity (Wildman–Crippen MR) is 85.4 cm³/mol. The number of hydrogen-bond acceptors (Lipinski definition) is 3. The number of carbonyl (C=O) groups excluding carboxylic acids is 1. The maximum Gasteiger partial charge on any atom is 0.407 e. The SMILES string of the molecule is CC(C)(C)OC(=O)NCCCN=C(N)NC1CCCCC1. The summed E-state index contributed by atoms with van der Waals surface area (Å²) in [7, 11) is 0. The van der Waals surface area contributed by atoms with Crippen LogP contribution in [-0.4, -0.2) is 36.8 Å². The molecule has 1 aliphatic rings. The fourth-order valence-corrected chi connectivity index (χ4v) is 2.28. The zero-order valence-electron chi connectivity index (χ0n) is 13.6. The third kappa shape index (κ3) is 9.15. The highest BCUT2D eigenvalue weighted by Crippen LogP contribution is 2.16. The van der Waals surface area contributed by atoms with E-state index in [0.717, 1.165) is 6.42 Å². The van der Waals surface area contributed by atoms with Crippen molar-refractivity contribution in [3.63, 3.8) is 0 Å². The van der Waals surface area contributed by atoms with E-state index in [1.54, 1.807) is 0 Å². The van der Waals surface area contributed by atoms with Gasteiger partial charge in [-0.05, 0) is 40.0 Å². The Hall–Kier alpha value is -1.46. The van der Waals surface area contributed by atoms with Gasteiger partial charge in [-0.15, -0.1) is 0 Å². The van der Waals surface area contributed by atoms with Gasteiger partial charge in [0, 0.05) is 19.1 Å². The molecule has 0 atom stereocenters. The third-order valence-corrected chi connectivity index (χ3v) is 3.24. The van der Waals surface area contributed by atoms with Crippen molar-refractivity contribution in [2.24, 2.45) is 10.7 Å². The Bertz CT molecular complexity index is 344. The number of carbonyl (C=O) groups is 1. The van der Waals surface area contributed by atoms with E-state index in [1.165, 1.54) is 32.1 Å². The first-order valence-corrected chi connectivity index (χ1v) is 7.90. The number of guanidine groups is 1. The van der Waals surface area contributed by atoms with E-state index in [9.17, 15) is 4.79 Å². The van der Waals surface area contributed by atoms with E-state index in [-0.39, 0.29) is 6.09 Å². The largest absolute Gasteiger partial charge is 0.444 e. The number of rotatable bonds is 5. The van der Waals surface area contributed by atoms with E-state index < -0.39 is 5.60 Å². The summed E-state index contributed by atoms with van der Waals surface area (Å²) in [6.07, 6.45) is 6.57. The standard InChI is InChI=1S/C15H30N4O2/c1-15(2,3)21-14(20)18-11-7-10-17-13(16)19-12-8-5-4-6-9-12/h12H,4-11H2,1-3H3,(H,18,20)(H3,16,17,19). The molecule has 0 saturated heterocycles. The quantitative estimate of drug-likeness (QED) is 0.412. The molecule has 0 bridgehead atoms. The molecule has 0 aliphatic heterocycles. The van der Waals surface area contributed by atoms with E-state index in [0.29, 0.717) is 25.1 Å². The van der Waals surface area contributed by atoms with Crippen molar-refractivity contribution in [1.29, 1.82) is 0 Å². The summed E-state index contributed by atoms with van der Waals surface area (Å²) in [4.78, 5) is 15.7. The van der Waals surface area contributed by atoms with Gasteiger partial charge in [0.1, 0.15) is 5.60 Å². The Kier molecular flexibility index (Phi) is 7.32. The van der Waals surface area contributed by atoms with E-state index in [1.807, 2.05) is 20.8 Å². The zero-order valence-corrected chi connectivity index (χ0v) is 13.6. The number of alkyl carbamates (subject to hydrolysis) is 1. The number of nitrogens with two attached hydrogens (primary N) is 1. The van der Waals surface area contributed by atoms with Crippen LogP contribution >= 0.6 is 0 Å². The first-order chi connectivity index (χ1) is 9.87. The highest BCUT2D eigenvalue weighted by atomic mass is 16.6. The lowest BCUT2D eigenvalue weighted by molar-refractivity contribution is 0.0527. The fraction of sp³-hybridized carbons (Fsp3) is 0.867. The minimum absolute atomic E-state index is 0.389. The summed E-state index contributed by atoms with van der Waals surface area (Å²) in [6.45, 7) is 6.66. The van der Waals surface area contributed by atoms with Crippen molar-refractivity contribution >= 4 is 12.1 Å². The normalized spacial score (nSPS) is 17.4. The number of amides is 1. The highest BCUT2D eigenvalue weighted by Gasteiger charge is 2.15. The molecule has 21 heavy (non-hydrogen) atoms. The summed E-state index contributed by atoms with van der Waals surface area (Å²) in [5.74, 6) is 0.513. The fourth-order valence-electron chi connectivity index (χ4n) is 2.28. The van der Waals surface area contributed by atoms with Crippen LogP contribution < -0.4 is 16.4 Å². The Morgan fingerprint density at radius 2 is 1.95 bits per heavy atom. The lowest BCUT2D eigenvalue weighted by Gasteiger charge is -2.23. The second-order valence-electron chi connectivity index (χ2n) is 6.53. The first-order valence-electron chi connectivity index (χ1n) is 7.90. The van der Waals surface area contributed by atoms with Gasteiger partial charge in [0.05, 0.1) is 0 Å². The Morgan fingerprint density at radius 1 is 1.29 bits per heavy atom. The molecule has 0 aromatic rings. The molecule has 1 rings (SSSR count). The average molecular weight is 298 g/mol. The zero-order chi connectivity index (χ0) is 15.7. The summed E-state index contributed by atoms with van der Waals surface area (Å²) >= 11 is 0. The van der Waals surface area contributed by atoms with Crippen molar-refractivity contribution in [2.45, 2.75) is 70.9 Å². The van der Waals surface area contributed by atoms with Crippen molar-refractivity contribution < 1.29 is 9.53 Å². The lowest BCUT2D eigenvalue weighted by Crippen LogP contribution is -2.41. The average Bonchev–Trinajstić information content (AvgIpc) is 2.37. The molecule has 6 heteroatoms. The third-order valence-electron chi connectivity index (χ3n) is 3.24. The van der Waals surface area contributed by atoms with Crippen LogP contribution in [-0.2, 0) is 4.74 Å². The van der Waals surface area contributed by atoms with E-state index in [4.69, 9.17) is 10.5 Å². The van der Waals surface area contributed by atoms with Crippen LogP contribution in [0.4, 0.5) is 4.79 Å². The maximum atomic E-state index is 11.4. The Labute approximate surface area is 127 Å². The summed E-state index contributed by atoms with van der Waals surface area (Å²) < 4.78 is 5.14. The van der Waals surface area contributed by atoms with Gasteiger partial charge in [-0.25, -0.2) is 4.79 Å². The molecule has 0 unspecified atom stereocenters. The van der Waals surface area contributed by atoms with Gasteiger partial charge in [0.15, 0.2) is 5.96 Å². The van der Waals surface area contributed by atoms with Crippen LogP contribution in [0.5, 0.6) is 0 Å². The molecule has 122 valence electrons. The molecular weight excluding hydrogens is 268 g/mol. The number of nitrogens with one attached hydrogen (secondary N) is 2. The molecule has 0 heterocycles. The number of nitrogens with zero attached hydrogens (tertiary/aromatic N) is 1. The molecule has 1 aliphatic carbocycles. The van der Waals surface area contributed by atoms with Gasteiger partial charge < -0.3 is 21.1 Å². The van der Waals surface area contributed by atoms with Gasteiger partial charge >= 0.3 is 6.09 Å². The summed E-state index contributed by atoms with van der Waals surface area (Å²) in [5.41, 5.74) is 5.39.